The number of ether oxygens (including phenoxy) is 1. The summed E-state index contributed by atoms with van der Waals surface area (Å²) >= 11 is 0. The molecular weight excluding hydrogens is 445 g/mol. The summed E-state index contributed by atoms with van der Waals surface area (Å²) in [6.45, 7) is 2.60. The van der Waals surface area contributed by atoms with Crippen molar-refractivity contribution in [1.82, 2.24) is 15.6 Å². The fourth-order valence-corrected chi connectivity index (χ4v) is 2.24. The molecule has 2 rings (SSSR count). The number of nitrogens with one attached hydrogen (secondary N) is 3. The highest BCUT2D eigenvalue weighted by Gasteiger charge is 2.07. The van der Waals surface area contributed by atoms with Crippen LogP contribution in [0.5, 0.6) is 5.75 Å². The average Bonchev–Trinajstić information content (AvgIpc) is 2.62. The molecule has 7 nitrogen and oxygen atoms in total. The molecule has 0 bridgehead atoms. The number of aliphatic imine (C=N–C) groups is 1. The van der Waals surface area contributed by atoms with Gasteiger partial charge in [0.25, 0.3) is 0 Å². The number of benzene rings is 1. The van der Waals surface area contributed by atoms with Crippen molar-refractivity contribution in [3.05, 3.63) is 53.9 Å². The molecule has 0 aliphatic rings. The second-order valence-corrected chi connectivity index (χ2v) is 5.32. The van der Waals surface area contributed by atoms with Gasteiger partial charge >= 0.3 is 0 Å². The zero-order chi connectivity index (χ0) is 18.1. The van der Waals surface area contributed by atoms with E-state index in [1.165, 1.54) is 6.92 Å². The molecule has 1 amide bonds. The quantitative estimate of drug-likeness (QED) is 0.344. The molecule has 0 aliphatic heterocycles. The van der Waals surface area contributed by atoms with Gasteiger partial charge in [0.2, 0.25) is 5.91 Å². The Morgan fingerprint density at radius 2 is 1.96 bits per heavy atom. The van der Waals surface area contributed by atoms with Crippen molar-refractivity contribution in [2.45, 2.75) is 20.0 Å². The van der Waals surface area contributed by atoms with Crippen LogP contribution in [0.25, 0.3) is 0 Å². The summed E-state index contributed by atoms with van der Waals surface area (Å²) in [5.74, 6) is 1.15. The zero-order valence-electron chi connectivity index (χ0n) is 15.1. The van der Waals surface area contributed by atoms with Crippen LogP contribution in [-0.2, 0) is 17.9 Å². The lowest BCUT2D eigenvalue weighted by Crippen LogP contribution is -2.36. The summed E-state index contributed by atoms with van der Waals surface area (Å²) in [6, 6.07) is 11.4. The van der Waals surface area contributed by atoms with Crippen LogP contribution >= 0.6 is 24.0 Å². The summed E-state index contributed by atoms with van der Waals surface area (Å²) in [6.07, 6.45) is 1.76. The maximum atomic E-state index is 11.3. The SMILES string of the molecule is CN=C(NCc1ccc(OC)c(NC(C)=O)c1)NCc1ccccn1.I. The van der Waals surface area contributed by atoms with Crippen LogP contribution in [0.3, 0.4) is 0 Å². The van der Waals surface area contributed by atoms with Crippen molar-refractivity contribution in [3.8, 4) is 5.75 Å². The van der Waals surface area contributed by atoms with Crippen LogP contribution in [0.1, 0.15) is 18.2 Å². The third-order valence-corrected chi connectivity index (χ3v) is 3.42. The van der Waals surface area contributed by atoms with Crippen molar-refractivity contribution >= 4 is 41.5 Å². The summed E-state index contributed by atoms with van der Waals surface area (Å²) in [5, 5.41) is 9.21. The number of hydrogen-bond acceptors (Lipinski definition) is 4. The molecule has 0 atom stereocenters. The van der Waals surface area contributed by atoms with Gasteiger partial charge in [-0.1, -0.05) is 12.1 Å². The first kappa shape index (κ1) is 21.7. The molecule has 0 aliphatic carbocycles. The van der Waals surface area contributed by atoms with E-state index in [9.17, 15) is 4.79 Å². The van der Waals surface area contributed by atoms with Gasteiger partial charge in [-0.15, -0.1) is 24.0 Å². The van der Waals surface area contributed by atoms with Crippen LogP contribution in [0.2, 0.25) is 0 Å². The van der Waals surface area contributed by atoms with Crippen molar-refractivity contribution < 1.29 is 9.53 Å². The van der Waals surface area contributed by atoms with Crippen molar-refractivity contribution in [3.63, 3.8) is 0 Å². The standard InChI is InChI=1S/C18H23N5O2.HI/c1-13(24)23-16-10-14(7-8-17(16)25-3)11-21-18(19-2)22-12-15-6-4-5-9-20-15;/h4-10H,11-12H2,1-3H3,(H,23,24)(H2,19,21,22);1H. The Kier molecular flexibility index (Phi) is 9.42. The number of hydrogen-bond donors (Lipinski definition) is 3. The topological polar surface area (TPSA) is 87.6 Å². The molecule has 1 heterocycles. The van der Waals surface area contributed by atoms with E-state index in [2.05, 4.69) is 25.9 Å². The number of anilines is 1. The van der Waals surface area contributed by atoms with Gasteiger partial charge in [0.1, 0.15) is 5.75 Å². The molecule has 0 saturated carbocycles. The van der Waals surface area contributed by atoms with E-state index < -0.39 is 0 Å². The number of methoxy groups -OCH3 is 1. The summed E-state index contributed by atoms with van der Waals surface area (Å²) in [4.78, 5) is 19.8. The largest absolute Gasteiger partial charge is 0.495 e. The number of rotatable bonds is 6. The molecule has 0 radical (unpaired) electrons. The van der Waals surface area contributed by atoms with E-state index in [0.717, 1.165) is 11.3 Å². The Labute approximate surface area is 170 Å². The van der Waals surface area contributed by atoms with Crippen LogP contribution in [0, 0.1) is 0 Å². The molecular formula is C18H24IN5O2. The highest BCUT2D eigenvalue weighted by atomic mass is 127. The fraction of sp³-hybridized carbons (Fsp3) is 0.278. The summed E-state index contributed by atoms with van der Waals surface area (Å²) in [5.41, 5.74) is 2.57. The van der Waals surface area contributed by atoms with Gasteiger partial charge in [0, 0.05) is 26.7 Å². The Balaban J connectivity index is 0.00000338. The van der Waals surface area contributed by atoms with Crippen molar-refractivity contribution in [2.24, 2.45) is 4.99 Å². The number of carbonyl (C=O) groups is 1. The van der Waals surface area contributed by atoms with Gasteiger partial charge in [-0.2, -0.15) is 0 Å². The molecule has 0 saturated heterocycles. The van der Waals surface area contributed by atoms with Crippen molar-refractivity contribution in [1.29, 1.82) is 0 Å². The first-order valence-electron chi connectivity index (χ1n) is 7.91. The second-order valence-electron chi connectivity index (χ2n) is 5.32. The molecule has 0 spiro atoms. The number of carbonyl (C=O) groups excluding carboxylic acids is 1. The number of halogens is 1. The number of nitrogens with zero attached hydrogens (tertiary/aromatic N) is 2. The number of aromatic nitrogens is 1. The van der Waals surface area contributed by atoms with Gasteiger partial charge < -0.3 is 20.7 Å². The molecule has 1 aromatic carbocycles. The number of guanidine groups is 1. The molecule has 2 aromatic rings. The lowest BCUT2D eigenvalue weighted by Gasteiger charge is -2.14. The van der Waals surface area contributed by atoms with E-state index in [1.807, 2.05) is 36.4 Å². The van der Waals surface area contributed by atoms with E-state index in [-0.39, 0.29) is 29.9 Å². The predicted molar refractivity (Wildman–Crippen MR) is 114 cm³/mol. The molecule has 26 heavy (non-hydrogen) atoms. The predicted octanol–water partition coefficient (Wildman–Crippen LogP) is 2.53. The van der Waals surface area contributed by atoms with Crippen molar-refractivity contribution in [2.75, 3.05) is 19.5 Å². The Bertz CT molecular complexity index is 738. The third-order valence-electron chi connectivity index (χ3n) is 3.42. The summed E-state index contributed by atoms with van der Waals surface area (Å²) in [7, 11) is 3.28. The normalized spacial score (nSPS) is 10.5. The fourth-order valence-electron chi connectivity index (χ4n) is 2.24. The van der Waals surface area contributed by atoms with Crippen LogP contribution < -0.4 is 20.7 Å². The van der Waals surface area contributed by atoms with Gasteiger partial charge in [-0.3, -0.25) is 14.8 Å². The van der Waals surface area contributed by atoms with Crippen LogP contribution in [0.15, 0.2) is 47.6 Å². The Morgan fingerprint density at radius 1 is 1.19 bits per heavy atom. The van der Waals surface area contributed by atoms with Crippen LogP contribution in [0.4, 0.5) is 5.69 Å². The maximum absolute atomic E-state index is 11.3. The maximum Gasteiger partial charge on any atom is 0.221 e. The lowest BCUT2D eigenvalue weighted by atomic mass is 10.2. The first-order valence-corrected chi connectivity index (χ1v) is 7.91. The minimum atomic E-state index is -0.142. The van der Waals surface area contributed by atoms with Gasteiger partial charge in [-0.25, -0.2) is 0 Å². The van der Waals surface area contributed by atoms with E-state index >= 15 is 0 Å². The molecule has 0 unspecified atom stereocenters. The van der Waals surface area contributed by atoms with Gasteiger partial charge in [0.05, 0.1) is 25.0 Å². The average molecular weight is 469 g/mol. The molecule has 1 aromatic heterocycles. The molecule has 8 heteroatoms. The van der Waals surface area contributed by atoms with Gasteiger partial charge in [-0.05, 0) is 29.8 Å². The second kappa shape index (κ2) is 11.3. The Hall–Kier alpha value is -2.36. The number of pyridine rings is 1. The lowest BCUT2D eigenvalue weighted by molar-refractivity contribution is -0.114. The summed E-state index contributed by atoms with van der Waals surface area (Å²) < 4.78 is 5.26. The Morgan fingerprint density at radius 3 is 2.58 bits per heavy atom. The van der Waals surface area contributed by atoms with E-state index in [1.54, 1.807) is 20.4 Å². The van der Waals surface area contributed by atoms with Crippen LogP contribution in [-0.4, -0.2) is 31.0 Å². The monoisotopic (exact) mass is 469 g/mol. The minimum absolute atomic E-state index is 0. The molecule has 3 N–H and O–H groups in total. The smallest absolute Gasteiger partial charge is 0.221 e. The molecule has 140 valence electrons. The third kappa shape index (κ3) is 6.87. The zero-order valence-corrected chi connectivity index (χ0v) is 17.4. The molecule has 0 fully saturated rings. The van der Waals surface area contributed by atoms with Gasteiger partial charge in [0.15, 0.2) is 5.96 Å². The highest BCUT2D eigenvalue weighted by Crippen LogP contribution is 2.25. The minimum Gasteiger partial charge on any atom is -0.495 e. The highest BCUT2D eigenvalue weighted by molar-refractivity contribution is 14.0. The number of amides is 1. The van der Waals surface area contributed by atoms with E-state index in [0.29, 0.717) is 30.5 Å². The van der Waals surface area contributed by atoms with E-state index in [4.69, 9.17) is 4.74 Å². The first-order chi connectivity index (χ1) is 12.1.